The third kappa shape index (κ3) is 8.04. The molecule has 1 atom stereocenters. The fourth-order valence-corrected chi connectivity index (χ4v) is 8.39. The number of aromatic nitrogens is 3. The van der Waals surface area contributed by atoms with Crippen molar-refractivity contribution in [1.29, 1.82) is 0 Å². The minimum absolute atomic E-state index is 0.0217. The van der Waals surface area contributed by atoms with Gasteiger partial charge in [-0.1, -0.05) is 0 Å². The number of hydrogen-bond acceptors (Lipinski definition) is 10. The number of likely N-dealkylation sites (tertiary alicyclic amines) is 1. The van der Waals surface area contributed by atoms with E-state index in [9.17, 15) is 28.4 Å². The Morgan fingerprint density at radius 3 is 2.53 bits per heavy atom. The van der Waals surface area contributed by atoms with Gasteiger partial charge in [0.25, 0.3) is 17.7 Å². The Balaban J connectivity index is 0.840. The van der Waals surface area contributed by atoms with Gasteiger partial charge < -0.3 is 30.1 Å². The summed E-state index contributed by atoms with van der Waals surface area (Å²) in [4.78, 5) is 74.6. The summed E-state index contributed by atoms with van der Waals surface area (Å²) in [6.45, 7) is 8.51. The number of carbonyl (C=O) groups is 5. The van der Waals surface area contributed by atoms with Crippen molar-refractivity contribution in [2.75, 3.05) is 42.9 Å². The minimum atomic E-state index is -0.882. The summed E-state index contributed by atoms with van der Waals surface area (Å²) in [5.41, 5.74) is 3.34. The van der Waals surface area contributed by atoms with Crippen LogP contribution in [0.1, 0.15) is 89.0 Å². The highest BCUT2D eigenvalue weighted by atomic mass is 19.1. The Kier molecular flexibility index (Phi) is 10.6. The van der Waals surface area contributed by atoms with E-state index >= 15 is 0 Å². The molecule has 3 saturated heterocycles. The average molecular weight is 780 g/mol. The van der Waals surface area contributed by atoms with Crippen molar-refractivity contribution in [3.63, 3.8) is 0 Å². The van der Waals surface area contributed by atoms with Gasteiger partial charge in [0.05, 0.1) is 23.6 Å². The number of piperidine rings is 3. The third-order valence-corrected chi connectivity index (χ3v) is 11.4. The normalized spacial score (nSPS) is 19.6. The SMILES string of the molecule is CC(C)Oc1cc2c(cc1NC(=O)c1cnn3cccnc13)CN(C1CCN(CC3CCN(c4ccc(F)c(C(=O)NC5CCC(=O)NC5=O)c4)CC3)CC1)C2=O. The van der Waals surface area contributed by atoms with Crippen molar-refractivity contribution in [2.45, 2.75) is 77.1 Å². The zero-order valence-corrected chi connectivity index (χ0v) is 32.0. The molecule has 15 nitrogen and oxygen atoms in total. The Bertz CT molecular complexity index is 2230. The van der Waals surface area contributed by atoms with Crippen molar-refractivity contribution < 1.29 is 33.1 Å². The number of ether oxygens (including phenoxy) is 1. The number of imide groups is 1. The number of amides is 5. The molecular formula is C41H46FN9O6. The number of hydrogen-bond donors (Lipinski definition) is 3. The summed E-state index contributed by atoms with van der Waals surface area (Å²) in [6, 6.07) is 9.06. The van der Waals surface area contributed by atoms with Gasteiger partial charge in [-0.15, -0.1) is 0 Å². The van der Waals surface area contributed by atoms with E-state index in [1.807, 2.05) is 24.8 Å². The predicted octanol–water partition coefficient (Wildman–Crippen LogP) is 3.78. The average Bonchev–Trinajstić information content (AvgIpc) is 3.77. The van der Waals surface area contributed by atoms with E-state index in [2.05, 4.69) is 35.8 Å². The molecule has 4 aromatic rings. The molecule has 8 rings (SSSR count). The summed E-state index contributed by atoms with van der Waals surface area (Å²) < 4.78 is 22.4. The highest BCUT2D eigenvalue weighted by molar-refractivity contribution is 6.09. The van der Waals surface area contributed by atoms with Crippen molar-refractivity contribution in [1.82, 2.24) is 35.0 Å². The molecule has 57 heavy (non-hydrogen) atoms. The smallest absolute Gasteiger partial charge is 0.261 e. The maximum atomic E-state index is 14.8. The zero-order chi connectivity index (χ0) is 39.8. The maximum absolute atomic E-state index is 14.8. The van der Waals surface area contributed by atoms with Crippen LogP contribution in [0.3, 0.4) is 0 Å². The lowest BCUT2D eigenvalue weighted by Crippen LogP contribution is -2.52. The van der Waals surface area contributed by atoms with Crippen LogP contribution < -0.4 is 25.6 Å². The van der Waals surface area contributed by atoms with Gasteiger partial charge in [0.2, 0.25) is 11.8 Å². The Morgan fingerprint density at radius 2 is 1.77 bits per heavy atom. The molecule has 5 amide bonds. The number of nitrogens with one attached hydrogen (secondary N) is 3. The van der Waals surface area contributed by atoms with E-state index in [0.29, 0.717) is 40.7 Å². The first-order valence-electron chi connectivity index (χ1n) is 19.7. The van der Waals surface area contributed by atoms with Crippen LogP contribution in [-0.4, -0.2) is 105 Å². The molecule has 0 spiro atoms. The summed E-state index contributed by atoms with van der Waals surface area (Å²) in [7, 11) is 0. The molecule has 6 heterocycles. The molecule has 2 aromatic heterocycles. The van der Waals surface area contributed by atoms with Crippen LogP contribution in [0, 0.1) is 11.7 Å². The Hall–Kier alpha value is -5.90. The van der Waals surface area contributed by atoms with E-state index in [4.69, 9.17) is 4.74 Å². The van der Waals surface area contributed by atoms with Gasteiger partial charge in [-0.2, -0.15) is 5.10 Å². The largest absolute Gasteiger partial charge is 0.489 e. The Morgan fingerprint density at radius 1 is 0.982 bits per heavy atom. The second kappa shape index (κ2) is 15.9. The van der Waals surface area contributed by atoms with Crippen LogP contribution in [-0.2, 0) is 16.1 Å². The third-order valence-electron chi connectivity index (χ3n) is 11.4. The van der Waals surface area contributed by atoms with Crippen molar-refractivity contribution in [3.8, 4) is 5.75 Å². The van der Waals surface area contributed by atoms with Crippen LogP contribution in [0.15, 0.2) is 55.0 Å². The van der Waals surface area contributed by atoms with Gasteiger partial charge in [-0.3, -0.25) is 29.3 Å². The first-order chi connectivity index (χ1) is 27.5. The van der Waals surface area contributed by atoms with Crippen LogP contribution in [0.4, 0.5) is 15.8 Å². The van der Waals surface area contributed by atoms with Gasteiger partial charge in [-0.05, 0) is 93.8 Å². The van der Waals surface area contributed by atoms with E-state index in [-0.39, 0.29) is 48.3 Å². The summed E-state index contributed by atoms with van der Waals surface area (Å²) in [5, 5.41) is 12.0. The number of halogens is 1. The van der Waals surface area contributed by atoms with Gasteiger partial charge in [0.1, 0.15) is 23.2 Å². The van der Waals surface area contributed by atoms with Gasteiger partial charge in [-0.25, -0.2) is 13.9 Å². The molecule has 298 valence electrons. The minimum Gasteiger partial charge on any atom is -0.489 e. The standard InChI is InChI=1S/C41H46FN9O6/c1-24(2)57-35-20-29-26(18-34(35)46-39(54)31-21-44-51-13-3-12-43-37(31)51)23-50(41(29)56)27-10-14-48(15-11-27)22-25-8-16-49(17-9-25)28-4-5-32(42)30(19-28)38(53)45-33-6-7-36(52)47-40(33)55/h3-5,12-13,18-21,24-25,27,33H,6-11,14-17,22-23H2,1-2H3,(H,45,53)(H,46,54)(H,47,52,55). The highest BCUT2D eigenvalue weighted by Crippen LogP contribution is 2.37. The molecule has 4 aliphatic rings. The second-order valence-electron chi connectivity index (χ2n) is 15.6. The fourth-order valence-electron chi connectivity index (χ4n) is 8.39. The number of carbonyl (C=O) groups excluding carboxylic acids is 5. The van der Waals surface area contributed by atoms with Gasteiger partial charge in [0, 0.05) is 75.4 Å². The molecule has 0 aliphatic carbocycles. The molecule has 3 N–H and O–H groups in total. The molecule has 0 bridgehead atoms. The number of nitrogens with zero attached hydrogens (tertiary/aromatic N) is 6. The van der Waals surface area contributed by atoms with E-state index in [0.717, 1.165) is 69.7 Å². The summed E-state index contributed by atoms with van der Waals surface area (Å²) in [6.07, 6.45) is 8.55. The zero-order valence-electron chi connectivity index (χ0n) is 32.0. The lowest BCUT2D eigenvalue weighted by atomic mass is 9.94. The lowest BCUT2D eigenvalue weighted by molar-refractivity contribution is -0.134. The molecular weight excluding hydrogens is 734 g/mol. The first kappa shape index (κ1) is 38.0. The van der Waals surface area contributed by atoms with E-state index in [1.54, 1.807) is 35.1 Å². The lowest BCUT2D eigenvalue weighted by Gasteiger charge is -2.40. The number of fused-ring (bicyclic) bond motifs is 2. The molecule has 3 fully saturated rings. The van der Waals surface area contributed by atoms with Crippen molar-refractivity contribution in [3.05, 3.63) is 83.1 Å². The second-order valence-corrected chi connectivity index (χ2v) is 15.6. The quantitative estimate of drug-likeness (QED) is 0.202. The highest BCUT2D eigenvalue weighted by Gasteiger charge is 2.37. The van der Waals surface area contributed by atoms with Crippen LogP contribution >= 0.6 is 0 Å². The van der Waals surface area contributed by atoms with E-state index in [1.165, 1.54) is 18.3 Å². The van der Waals surface area contributed by atoms with Crippen molar-refractivity contribution >= 4 is 46.6 Å². The van der Waals surface area contributed by atoms with Gasteiger partial charge in [0.15, 0.2) is 5.65 Å². The molecule has 16 heteroatoms. The molecule has 0 saturated carbocycles. The van der Waals surface area contributed by atoms with Crippen LogP contribution in [0.5, 0.6) is 5.75 Å². The molecule has 2 aromatic carbocycles. The predicted molar refractivity (Wildman–Crippen MR) is 207 cm³/mol. The molecule has 1 unspecified atom stereocenters. The van der Waals surface area contributed by atoms with E-state index < -0.39 is 23.7 Å². The van der Waals surface area contributed by atoms with Gasteiger partial charge >= 0.3 is 0 Å². The fraction of sp³-hybridized carbons (Fsp3) is 0.439. The van der Waals surface area contributed by atoms with Crippen LogP contribution in [0.25, 0.3) is 5.65 Å². The molecule has 0 radical (unpaired) electrons. The molecule has 4 aliphatic heterocycles. The topological polar surface area (TPSA) is 171 Å². The number of benzene rings is 2. The summed E-state index contributed by atoms with van der Waals surface area (Å²) in [5.74, 6) is -1.79. The Labute approximate surface area is 328 Å². The number of rotatable bonds is 10. The number of anilines is 2. The van der Waals surface area contributed by atoms with Crippen molar-refractivity contribution in [2.24, 2.45) is 5.92 Å². The van der Waals surface area contributed by atoms with Crippen LogP contribution in [0.2, 0.25) is 0 Å². The first-order valence-corrected chi connectivity index (χ1v) is 19.7. The maximum Gasteiger partial charge on any atom is 0.261 e. The summed E-state index contributed by atoms with van der Waals surface area (Å²) >= 11 is 0. The monoisotopic (exact) mass is 779 g/mol.